The molecular weight excluding hydrogens is 437 g/mol. The van der Waals surface area contributed by atoms with Crippen LogP contribution in [-0.4, -0.2) is 17.4 Å². The van der Waals surface area contributed by atoms with E-state index >= 15 is 0 Å². The standard InChI is InChI=1S/C27H24FNO5/c1-2-3-4-12-32-19-8-5-7-17(14-19)24-23-25(30)21-15-18(28)10-11-22(21)34-26(23)27(31)29(24)16-20-9-6-13-33-20/h5-11,13-15,24H,2-4,12,16H2,1H3. The van der Waals surface area contributed by atoms with Crippen LogP contribution in [-0.2, 0) is 6.54 Å². The van der Waals surface area contributed by atoms with Crippen molar-refractivity contribution in [2.75, 3.05) is 6.61 Å². The summed E-state index contributed by atoms with van der Waals surface area (Å²) >= 11 is 0. The Hall–Kier alpha value is -3.87. The molecule has 1 aliphatic rings. The Bertz CT molecular complexity index is 1390. The Balaban J connectivity index is 1.61. The van der Waals surface area contributed by atoms with Crippen LogP contribution < -0.4 is 10.2 Å². The minimum Gasteiger partial charge on any atom is -0.494 e. The molecule has 1 unspecified atom stereocenters. The third kappa shape index (κ3) is 3.98. The Morgan fingerprint density at radius 2 is 1.94 bits per heavy atom. The first-order chi connectivity index (χ1) is 16.6. The molecule has 1 aliphatic heterocycles. The highest BCUT2D eigenvalue weighted by Gasteiger charge is 2.43. The summed E-state index contributed by atoms with van der Waals surface area (Å²) in [6.45, 7) is 2.86. The van der Waals surface area contributed by atoms with E-state index in [1.807, 2.05) is 24.3 Å². The first-order valence-corrected chi connectivity index (χ1v) is 11.4. The van der Waals surface area contributed by atoms with E-state index in [2.05, 4.69) is 6.92 Å². The van der Waals surface area contributed by atoms with Crippen molar-refractivity contribution < 1.29 is 22.8 Å². The zero-order chi connectivity index (χ0) is 23.7. The first-order valence-electron chi connectivity index (χ1n) is 11.4. The largest absolute Gasteiger partial charge is 0.494 e. The van der Waals surface area contributed by atoms with Gasteiger partial charge in [-0.05, 0) is 54.4 Å². The lowest BCUT2D eigenvalue weighted by molar-refractivity contribution is 0.0701. The van der Waals surface area contributed by atoms with Crippen LogP contribution >= 0.6 is 0 Å². The number of amides is 1. The highest BCUT2D eigenvalue weighted by atomic mass is 19.1. The summed E-state index contributed by atoms with van der Waals surface area (Å²) < 4.78 is 31.2. The lowest BCUT2D eigenvalue weighted by Gasteiger charge is -2.24. The number of hydrogen-bond acceptors (Lipinski definition) is 5. The molecule has 7 heteroatoms. The molecule has 5 rings (SSSR count). The van der Waals surface area contributed by atoms with Crippen LogP contribution in [0.2, 0.25) is 0 Å². The van der Waals surface area contributed by atoms with Crippen molar-refractivity contribution in [3.63, 3.8) is 0 Å². The fraction of sp³-hybridized carbons (Fsp3) is 0.259. The number of unbranched alkanes of at least 4 members (excludes halogenated alkanes) is 2. The SMILES string of the molecule is CCCCCOc1cccc(C2c3c(oc4ccc(F)cc4c3=O)C(=O)N2Cc2ccco2)c1. The highest BCUT2D eigenvalue weighted by Crippen LogP contribution is 2.40. The van der Waals surface area contributed by atoms with Crippen LogP contribution in [0.15, 0.2) is 74.5 Å². The topological polar surface area (TPSA) is 72.9 Å². The van der Waals surface area contributed by atoms with Crippen LogP contribution in [0.5, 0.6) is 5.75 Å². The Morgan fingerprint density at radius 1 is 1.06 bits per heavy atom. The molecule has 0 N–H and O–H groups in total. The molecule has 1 amide bonds. The van der Waals surface area contributed by atoms with Crippen LogP contribution in [0, 0.1) is 5.82 Å². The quantitative estimate of drug-likeness (QED) is 0.308. The van der Waals surface area contributed by atoms with Crippen molar-refractivity contribution in [3.8, 4) is 5.75 Å². The van der Waals surface area contributed by atoms with Crippen molar-refractivity contribution in [1.29, 1.82) is 0 Å². The van der Waals surface area contributed by atoms with E-state index in [4.69, 9.17) is 13.6 Å². The van der Waals surface area contributed by atoms with Gasteiger partial charge >= 0.3 is 0 Å². The van der Waals surface area contributed by atoms with Crippen LogP contribution in [0.25, 0.3) is 11.0 Å². The summed E-state index contributed by atoms with van der Waals surface area (Å²) in [6.07, 6.45) is 4.64. The first kappa shape index (κ1) is 21.9. The van der Waals surface area contributed by atoms with Gasteiger partial charge in [0.15, 0.2) is 5.43 Å². The predicted molar refractivity (Wildman–Crippen MR) is 124 cm³/mol. The molecule has 0 saturated carbocycles. The number of nitrogens with zero attached hydrogens (tertiary/aromatic N) is 1. The molecule has 0 bridgehead atoms. The van der Waals surface area contributed by atoms with Gasteiger partial charge in [0.1, 0.15) is 22.9 Å². The number of fused-ring (bicyclic) bond motifs is 2. The Kier molecular flexibility index (Phi) is 5.92. The molecule has 174 valence electrons. The molecule has 1 atom stereocenters. The molecule has 6 nitrogen and oxygen atoms in total. The smallest absolute Gasteiger partial charge is 0.291 e. The van der Waals surface area contributed by atoms with Crippen molar-refractivity contribution in [1.82, 2.24) is 4.90 Å². The number of halogens is 1. The van der Waals surface area contributed by atoms with Crippen LogP contribution in [0.1, 0.15) is 59.7 Å². The summed E-state index contributed by atoms with van der Waals surface area (Å²) in [6, 6.07) is 13.9. The van der Waals surface area contributed by atoms with E-state index in [1.54, 1.807) is 17.0 Å². The maximum atomic E-state index is 13.9. The lowest BCUT2D eigenvalue weighted by atomic mass is 9.98. The molecule has 3 heterocycles. The van der Waals surface area contributed by atoms with Gasteiger partial charge in [0.25, 0.3) is 5.91 Å². The van der Waals surface area contributed by atoms with E-state index in [-0.39, 0.29) is 28.8 Å². The molecule has 0 radical (unpaired) electrons. The summed E-state index contributed by atoms with van der Waals surface area (Å²) in [4.78, 5) is 28.5. The van der Waals surface area contributed by atoms with Gasteiger partial charge in [0.05, 0.1) is 36.4 Å². The third-order valence-electron chi connectivity index (χ3n) is 6.02. The molecule has 4 aromatic rings. The Morgan fingerprint density at radius 3 is 2.74 bits per heavy atom. The minimum atomic E-state index is -0.726. The van der Waals surface area contributed by atoms with E-state index in [0.717, 1.165) is 25.3 Å². The number of rotatable bonds is 8. The fourth-order valence-electron chi connectivity index (χ4n) is 4.39. The lowest BCUT2D eigenvalue weighted by Crippen LogP contribution is -2.29. The number of carbonyl (C=O) groups excluding carboxylic acids is 1. The maximum absolute atomic E-state index is 13.9. The van der Waals surface area contributed by atoms with Gasteiger partial charge in [-0.25, -0.2) is 4.39 Å². The van der Waals surface area contributed by atoms with Gasteiger partial charge in [0, 0.05) is 0 Å². The number of benzene rings is 2. The van der Waals surface area contributed by atoms with Gasteiger partial charge in [-0.3, -0.25) is 9.59 Å². The van der Waals surface area contributed by atoms with Gasteiger partial charge in [-0.15, -0.1) is 0 Å². The molecule has 0 saturated heterocycles. The predicted octanol–water partition coefficient (Wildman–Crippen LogP) is 5.84. The van der Waals surface area contributed by atoms with Gasteiger partial charge in [-0.2, -0.15) is 0 Å². The molecule has 0 fully saturated rings. The summed E-state index contributed by atoms with van der Waals surface area (Å²) in [5, 5.41) is 0.100. The molecule has 0 aliphatic carbocycles. The molecule has 2 aromatic carbocycles. The second kappa shape index (κ2) is 9.17. The van der Waals surface area contributed by atoms with E-state index in [1.165, 1.54) is 18.4 Å². The molecule has 0 spiro atoms. The fourth-order valence-corrected chi connectivity index (χ4v) is 4.39. The second-order valence-electron chi connectivity index (χ2n) is 8.36. The number of ether oxygens (including phenoxy) is 1. The second-order valence-corrected chi connectivity index (χ2v) is 8.36. The summed E-state index contributed by atoms with van der Waals surface area (Å²) in [7, 11) is 0. The van der Waals surface area contributed by atoms with Gasteiger partial charge in [0.2, 0.25) is 5.76 Å². The van der Waals surface area contributed by atoms with Crippen molar-refractivity contribution in [2.24, 2.45) is 0 Å². The highest BCUT2D eigenvalue weighted by molar-refractivity contribution is 5.99. The van der Waals surface area contributed by atoms with Crippen LogP contribution in [0.4, 0.5) is 4.39 Å². The van der Waals surface area contributed by atoms with Gasteiger partial charge in [-0.1, -0.05) is 31.9 Å². The summed E-state index contributed by atoms with van der Waals surface area (Å²) in [5.41, 5.74) is 0.642. The number of furan rings is 1. The van der Waals surface area contributed by atoms with Crippen molar-refractivity contribution >= 4 is 16.9 Å². The Labute approximate surface area is 195 Å². The van der Waals surface area contributed by atoms with E-state index in [9.17, 15) is 14.0 Å². The molecular formula is C27H24FNO5. The van der Waals surface area contributed by atoms with Gasteiger partial charge < -0.3 is 18.5 Å². The van der Waals surface area contributed by atoms with E-state index in [0.29, 0.717) is 23.7 Å². The number of hydrogen-bond donors (Lipinski definition) is 0. The van der Waals surface area contributed by atoms with E-state index < -0.39 is 23.2 Å². The van der Waals surface area contributed by atoms with Crippen molar-refractivity contribution in [2.45, 2.75) is 38.8 Å². The monoisotopic (exact) mass is 461 g/mol. The zero-order valence-electron chi connectivity index (χ0n) is 18.8. The summed E-state index contributed by atoms with van der Waals surface area (Å²) in [5.74, 6) is 0.226. The third-order valence-corrected chi connectivity index (χ3v) is 6.02. The molecule has 2 aromatic heterocycles. The molecule has 34 heavy (non-hydrogen) atoms. The maximum Gasteiger partial charge on any atom is 0.291 e. The van der Waals surface area contributed by atoms with Crippen LogP contribution in [0.3, 0.4) is 0 Å². The zero-order valence-corrected chi connectivity index (χ0v) is 18.8. The average molecular weight is 461 g/mol. The average Bonchev–Trinajstić information content (AvgIpc) is 3.45. The normalized spacial score (nSPS) is 15.2. The minimum absolute atomic E-state index is 0.0325. The number of carbonyl (C=O) groups is 1. The van der Waals surface area contributed by atoms with Crippen molar-refractivity contribution in [3.05, 3.63) is 99.5 Å².